The van der Waals surface area contributed by atoms with Crippen molar-refractivity contribution in [1.82, 2.24) is 0 Å². The Labute approximate surface area is 114 Å². The lowest BCUT2D eigenvalue weighted by atomic mass is 10.1. The third-order valence-electron chi connectivity index (χ3n) is 2.87. The lowest BCUT2D eigenvalue weighted by Gasteiger charge is -2.09. The molecule has 0 aromatic heterocycles. The number of carbonyl (C=O) groups is 2. The fourth-order valence-corrected chi connectivity index (χ4v) is 1.78. The second-order valence-corrected chi connectivity index (χ2v) is 4.24. The molecule has 2 aromatic carbocycles. The van der Waals surface area contributed by atoms with Gasteiger partial charge in [-0.3, -0.25) is 4.79 Å². The third-order valence-corrected chi connectivity index (χ3v) is 2.87. The lowest BCUT2D eigenvalue weighted by molar-refractivity contribution is 0.0692. The minimum absolute atomic E-state index is 0.298. The molecule has 0 unspecified atom stereocenters. The number of nitrogens with one attached hydrogen (secondary N) is 1. The Balaban J connectivity index is 2.33. The zero-order chi connectivity index (χ0) is 14.7. The highest BCUT2D eigenvalue weighted by Crippen LogP contribution is 2.17. The van der Waals surface area contributed by atoms with Crippen molar-refractivity contribution in [2.24, 2.45) is 0 Å². The van der Waals surface area contributed by atoms with Gasteiger partial charge in [-0.05, 0) is 30.7 Å². The van der Waals surface area contributed by atoms with Crippen LogP contribution >= 0.6 is 0 Å². The summed E-state index contributed by atoms with van der Waals surface area (Å²) in [5, 5.41) is 11.4. The van der Waals surface area contributed by atoms with Crippen LogP contribution in [0.5, 0.6) is 0 Å². The van der Waals surface area contributed by atoms with E-state index in [0.717, 1.165) is 11.6 Å². The second-order valence-electron chi connectivity index (χ2n) is 4.24. The second kappa shape index (κ2) is 5.52. The number of halogens is 1. The van der Waals surface area contributed by atoms with Gasteiger partial charge in [0, 0.05) is 5.69 Å². The van der Waals surface area contributed by atoms with E-state index in [4.69, 9.17) is 5.11 Å². The molecule has 0 saturated heterocycles. The van der Waals surface area contributed by atoms with Gasteiger partial charge in [0.2, 0.25) is 0 Å². The Morgan fingerprint density at radius 3 is 2.35 bits per heavy atom. The minimum atomic E-state index is -1.41. The predicted molar refractivity (Wildman–Crippen MR) is 72.5 cm³/mol. The molecule has 0 aliphatic rings. The summed E-state index contributed by atoms with van der Waals surface area (Å²) in [6.07, 6.45) is 0. The molecule has 2 N–H and O–H groups in total. The highest BCUT2D eigenvalue weighted by molar-refractivity contribution is 6.06. The van der Waals surface area contributed by atoms with E-state index in [1.807, 2.05) is 6.07 Å². The molecule has 0 atom stereocenters. The summed E-state index contributed by atoms with van der Waals surface area (Å²) in [6.45, 7) is 1.81. The molecule has 4 nitrogen and oxygen atoms in total. The van der Waals surface area contributed by atoms with Gasteiger partial charge in [-0.2, -0.15) is 0 Å². The van der Waals surface area contributed by atoms with Crippen LogP contribution in [-0.4, -0.2) is 17.0 Å². The quantitative estimate of drug-likeness (QED) is 0.903. The average Bonchev–Trinajstić information content (AvgIpc) is 2.41. The number of carboxylic acid groups (broad SMARTS) is 1. The molecule has 0 radical (unpaired) electrons. The van der Waals surface area contributed by atoms with Gasteiger partial charge in [0.15, 0.2) is 0 Å². The van der Waals surface area contributed by atoms with E-state index >= 15 is 0 Å². The van der Waals surface area contributed by atoms with Gasteiger partial charge >= 0.3 is 5.97 Å². The summed E-state index contributed by atoms with van der Waals surface area (Å²) in [5.74, 6) is -3.13. The van der Waals surface area contributed by atoms with Crippen LogP contribution in [0.2, 0.25) is 0 Å². The van der Waals surface area contributed by atoms with Crippen molar-refractivity contribution in [2.45, 2.75) is 6.92 Å². The molecule has 2 rings (SSSR count). The zero-order valence-corrected chi connectivity index (χ0v) is 10.7. The zero-order valence-electron chi connectivity index (χ0n) is 10.7. The molecule has 0 saturated carbocycles. The van der Waals surface area contributed by atoms with E-state index in [-0.39, 0.29) is 5.56 Å². The first-order valence-electron chi connectivity index (χ1n) is 5.89. The van der Waals surface area contributed by atoms with Gasteiger partial charge in [-0.15, -0.1) is 0 Å². The molecule has 1 amide bonds. The topological polar surface area (TPSA) is 66.4 Å². The summed E-state index contributed by atoms with van der Waals surface area (Å²) >= 11 is 0. The van der Waals surface area contributed by atoms with Gasteiger partial charge in [0.1, 0.15) is 5.82 Å². The van der Waals surface area contributed by atoms with Crippen molar-refractivity contribution < 1.29 is 19.1 Å². The fraction of sp³-hybridized carbons (Fsp3) is 0.0667. The Kier molecular flexibility index (Phi) is 3.79. The van der Waals surface area contributed by atoms with Crippen LogP contribution in [0.3, 0.4) is 0 Å². The number of rotatable bonds is 3. The van der Waals surface area contributed by atoms with Gasteiger partial charge in [0.05, 0.1) is 11.1 Å². The third kappa shape index (κ3) is 2.66. The van der Waals surface area contributed by atoms with E-state index < -0.39 is 23.3 Å². The number of carbonyl (C=O) groups excluding carboxylic acids is 1. The normalized spacial score (nSPS) is 10.1. The maximum atomic E-state index is 13.9. The Bertz CT molecular complexity index is 683. The molecule has 0 spiro atoms. The number of aromatic carboxylic acids is 1. The number of amides is 1. The SMILES string of the molecule is Cc1ccccc1NC(=O)c1cccc(C(=O)O)c1F. The average molecular weight is 273 g/mol. The Morgan fingerprint density at radius 1 is 1.05 bits per heavy atom. The molecule has 0 aliphatic heterocycles. The van der Waals surface area contributed by atoms with Crippen molar-refractivity contribution in [1.29, 1.82) is 0 Å². The van der Waals surface area contributed by atoms with E-state index in [0.29, 0.717) is 5.69 Å². The first-order valence-corrected chi connectivity index (χ1v) is 5.89. The molecule has 0 fully saturated rings. The molecule has 5 heteroatoms. The summed E-state index contributed by atoms with van der Waals surface area (Å²) in [6, 6.07) is 10.7. The summed E-state index contributed by atoms with van der Waals surface area (Å²) in [4.78, 5) is 22.9. The number of para-hydroxylation sites is 1. The first-order chi connectivity index (χ1) is 9.50. The van der Waals surface area contributed by atoms with Crippen molar-refractivity contribution in [3.05, 3.63) is 65.0 Å². The molecule has 0 aliphatic carbocycles. The van der Waals surface area contributed by atoms with Gasteiger partial charge < -0.3 is 10.4 Å². The monoisotopic (exact) mass is 273 g/mol. The lowest BCUT2D eigenvalue weighted by Crippen LogP contribution is -2.16. The van der Waals surface area contributed by atoms with E-state index in [1.165, 1.54) is 12.1 Å². The van der Waals surface area contributed by atoms with E-state index in [9.17, 15) is 14.0 Å². The van der Waals surface area contributed by atoms with Gasteiger partial charge in [-0.1, -0.05) is 24.3 Å². The molecule has 20 heavy (non-hydrogen) atoms. The van der Waals surface area contributed by atoms with Crippen molar-refractivity contribution >= 4 is 17.6 Å². The summed E-state index contributed by atoms with van der Waals surface area (Å²) in [7, 11) is 0. The molecule has 0 heterocycles. The van der Waals surface area contributed by atoms with Crippen LogP contribution in [0.4, 0.5) is 10.1 Å². The first kappa shape index (κ1) is 13.7. The van der Waals surface area contributed by atoms with Crippen LogP contribution in [0.1, 0.15) is 26.3 Å². The summed E-state index contributed by atoms with van der Waals surface area (Å²) in [5.41, 5.74) is 0.559. The maximum Gasteiger partial charge on any atom is 0.338 e. The molecule has 0 bridgehead atoms. The fourth-order valence-electron chi connectivity index (χ4n) is 1.78. The van der Waals surface area contributed by atoms with Gasteiger partial charge in [-0.25, -0.2) is 9.18 Å². The molecular weight excluding hydrogens is 261 g/mol. The van der Waals surface area contributed by atoms with Crippen molar-refractivity contribution in [3.63, 3.8) is 0 Å². The Morgan fingerprint density at radius 2 is 1.70 bits per heavy atom. The van der Waals surface area contributed by atoms with Crippen LogP contribution < -0.4 is 5.32 Å². The molecular formula is C15H12FNO3. The van der Waals surface area contributed by atoms with E-state index in [1.54, 1.807) is 25.1 Å². The van der Waals surface area contributed by atoms with Crippen molar-refractivity contribution in [2.75, 3.05) is 5.32 Å². The largest absolute Gasteiger partial charge is 0.478 e. The van der Waals surface area contributed by atoms with Crippen LogP contribution in [0.25, 0.3) is 0 Å². The number of aryl methyl sites for hydroxylation is 1. The number of hydrogen-bond donors (Lipinski definition) is 2. The Hall–Kier alpha value is -2.69. The smallest absolute Gasteiger partial charge is 0.338 e. The van der Waals surface area contributed by atoms with E-state index in [2.05, 4.69) is 5.32 Å². The van der Waals surface area contributed by atoms with Crippen LogP contribution in [-0.2, 0) is 0 Å². The maximum absolute atomic E-state index is 13.9. The van der Waals surface area contributed by atoms with Crippen LogP contribution in [0, 0.1) is 12.7 Å². The minimum Gasteiger partial charge on any atom is -0.478 e. The highest BCUT2D eigenvalue weighted by Gasteiger charge is 2.18. The number of anilines is 1. The number of carboxylic acids is 1. The predicted octanol–water partition coefficient (Wildman–Crippen LogP) is 3.08. The van der Waals surface area contributed by atoms with Crippen molar-refractivity contribution in [3.8, 4) is 0 Å². The number of hydrogen-bond acceptors (Lipinski definition) is 2. The molecule has 2 aromatic rings. The standard InChI is InChI=1S/C15H12FNO3/c1-9-5-2-3-8-12(9)17-14(18)10-6-4-7-11(13(10)16)15(19)20/h2-8H,1H3,(H,17,18)(H,19,20). The highest BCUT2D eigenvalue weighted by atomic mass is 19.1. The van der Waals surface area contributed by atoms with Crippen LogP contribution in [0.15, 0.2) is 42.5 Å². The summed E-state index contributed by atoms with van der Waals surface area (Å²) < 4.78 is 13.9. The molecule has 102 valence electrons. The number of benzene rings is 2. The van der Waals surface area contributed by atoms with Gasteiger partial charge in [0.25, 0.3) is 5.91 Å².